The normalized spacial score (nSPS) is 17.4. The summed E-state index contributed by atoms with van der Waals surface area (Å²) in [6, 6.07) is 14.1. The van der Waals surface area contributed by atoms with Gasteiger partial charge in [-0.15, -0.1) is 0 Å². The van der Waals surface area contributed by atoms with Gasteiger partial charge in [0.1, 0.15) is 5.69 Å². The number of hydrogen-bond donors (Lipinski definition) is 0. The quantitative estimate of drug-likeness (QED) is 0.408. The maximum Gasteiger partial charge on any atom is 0.293 e. The fourth-order valence-corrected chi connectivity index (χ4v) is 4.57. The predicted molar refractivity (Wildman–Crippen MR) is 119 cm³/mol. The molecule has 0 unspecified atom stereocenters. The Morgan fingerprint density at radius 3 is 2.19 bits per heavy atom. The molecule has 0 bridgehead atoms. The van der Waals surface area contributed by atoms with E-state index in [-0.39, 0.29) is 23.3 Å². The molecule has 2 aromatic rings. The van der Waals surface area contributed by atoms with E-state index in [0.29, 0.717) is 42.7 Å². The number of ketones is 1. The molecule has 2 aromatic carbocycles. The third kappa shape index (κ3) is 4.60. The van der Waals surface area contributed by atoms with E-state index in [1.807, 2.05) is 35.2 Å². The molecule has 4 rings (SSSR count). The summed E-state index contributed by atoms with van der Waals surface area (Å²) in [6.07, 6.45) is 4.40. The topological polar surface area (TPSA) is 83.8 Å². The second-order valence-electron chi connectivity index (χ2n) is 8.31. The number of Topliss-reactive ketones (excluding diaryl/α,β-unsaturated/α-hetero) is 1. The molecule has 0 aliphatic carbocycles. The van der Waals surface area contributed by atoms with Crippen LogP contribution in [-0.2, 0) is 0 Å². The van der Waals surface area contributed by atoms with Gasteiger partial charge in [0.05, 0.1) is 4.92 Å². The highest BCUT2D eigenvalue weighted by Crippen LogP contribution is 2.32. The zero-order valence-electron chi connectivity index (χ0n) is 17.5. The first-order valence-corrected chi connectivity index (χ1v) is 11.0. The molecule has 0 saturated carbocycles. The lowest BCUT2D eigenvalue weighted by Crippen LogP contribution is -2.40. The van der Waals surface area contributed by atoms with Crippen LogP contribution in [0.25, 0.3) is 0 Å². The zero-order chi connectivity index (χ0) is 21.8. The molecule has 0 spiro atoms. The Hall–Kier alpha value is -3.22. The van der Waals surface area contributed by atoms with Gasteiger partial charge in [0.15, 0.2) is 5.78 Å². The number of rotatable bonds is 5. The molecule has 0 radical (unpaired) electrons. The Kier molecular flexibility index (Phi) is 6.30. The van der Waals surface area contributed by atoms with Crippen molar-refractivity contribution in [3.05, 3.63) is 69.8 Å². The number of benzene rings is 2. The van der Waals surface area contributed by atoms with Crippen LogP contribution in [0.2, 0.25) is 0 Å². The number of nitrogens with zero attached hydrogens (tertiary/aromatic N) is 3. The van der Waals surface area contributed by atoms with Crippen LogP contribution >= 0.6 is 0 Å². The summed E-state index contributed by atoms with van der Waals surface area (Å²) < 4.78 is 0. The molecule has 2 aliphatic rings. The van der Waals surface area contributed by atoms with Crippen molar-refractivity contribution in [3.63, 3.8) is 0 Å². The van der Waals surface area contributed by atoms with Gasteiger partial charge in [0.2, 0.25) is 0 Å². The van der Waals surface area contributed by atoms with E-state index in [1.165, 1.54) is 6.07 Å². The van der Waals surface area contributed by atoms with Gasteiger partial charge in [-0.05, 0) is 44.2 Å². The number of hydrogen-bond acceptors (Lipinski definition) is 5. The summed E-state index contributed by atoms with van der Waals surface area (Å²) >= 11 is 0. The smallest absolute Gasteiger partial charge is 0.293 e. The van der Waals surface area contributed by atoms with Crippen molar-refractivity contribution in [1.29, 1.82) is 0 Å². The Labute approximate surface area is 181 Å². The molecule has 162 valence electrons. The molecule has 2 saturated heterocycles. The Balaban J connectivity index is 1.44. The highest BCUT2D eigenvalue weighted by atomic mass is 16.6. The maximum atomic E-state index is 13.0. The van der Waals surface area contributed by atoms with Crippen molar-refractivity contribution in [2.24, 2.45) is 5.92 Å². The first-order chi connectivity index (χ1) is 15.0. The third-order valence-corrected chi connectivity index (χ3v) is 6.33. The number of carbonyl (C=O) groups is 2. The van der Waals surface area contributed by atoms with Crippen molar-refractivity contribution >= 4 is 23.1 Å². The number of piperidine rings is 2. The van der Waals surface area contributed by atoms with E-state index in [2.05, 4.69) is 0 Å². The Bertz CT molecular complexity index is 962. The molecule has 31 heavy (non-hydrogen) atoms. The fourth-order valence-electron chi connectivity index (χ4n) is 4.57. The van der Waals surface area contributed by atoms with Crippen LogP contribution in [0.15, 0.2) is 48.5 Å². The summed E-state index contributed by atoms with van der Waals surface area (Å²) in [4.78, 5) is 40.7. The zero-order valence-corrected chi connectivity index (χ0v) is 17.5. The first-order valence-electron chi connectivity index (χ1n) is 11.0. The van der Waals surface area contributed by atoms with Crippen molar-refractivity contribution in [2.45, 2.75) is 32.1 Å². The summed E-state index contributed by atoms with van der Waals surface area (Å²) in [5.41, 5.74) is 1.62. The van der Waals surface area contributed by atoms with Crippen molar-refractivity contribution < 1.29 is 14.5 Å². The van der Waals surface area contributed by atoms with Crippen LogP contribution in [0, 0.1) is 16.0 Å². The van der Waals surface area contributed by atoms with Gasteiger partial charge in [-0.1, -0.05) is 30.3 Å². The van der Waals surface area contributed by atoms with Crippen molar-refractivity contribution in [2.75, 3.05) is 31.1 Å². The first kappa shape index (κ1) is 21.0. The van der Waals surface area contributed by atoms with E-state index in [0.717, 1.165) is 32.4 Å². The number of likely N-dealkylation sites (tertiary alicyclic amines) is 1. The van der Waals surface area contributed by atoms with E-state index in [1.54, 1.807) is 17.0 Å². The number of nitro groups is 1. The summed E-state index contributed by atoms with van der Waals surface area (Å²) in [6.45, 7) is 2.56. The van der Waals surface area contributed by atoms with Crippen molar-refractivity contribution in [3.8, 4) is 0 Å². The van der Waals surface area contributed by atoms with Crippen LogP contribution in [0.1, 0.15) is 52.8 Å². The van der Waals surface area contributed by atoms with Crippen LogP contribution in [0.3, 0.4) is 0 Å². The van der Waals surface area contributed by atoms with Gasteiger partial charge in [-0.2, -0.15) is 0 Å². The highest BCUT2D eigenvalue weighted by Gasteiger charge is 2.30. The van der Waals surface area contributed by atoms with Gasteiger partial charge in [-0.3, -0.25) is 19.7 Å². The average Bonchev–Trinajstić information content (AvgIpc) is 2.84. The molecule has 0 N–H and O–H groups in total. The van der Waals surface area contributed by atoms with E-state index < -0.39 is 4.92 Å². The second-order valence-corrected chi connectivity index (χ2v) is 8.31. The number of nitro benzene ring substituents is 1. The predicted octanol–water partition coefficient (Wildman–Crippen LogP) is 4.32. The Morgan fingerprint density at radius 2 is 1.55 bits per heavy atom. The van der Waals surface area contributed by atoms with Gasteiger partial charge >= 0.3 is 0 Å². The molecule has 2 aliphatic heterocycles. The molecular weight excluding hydrogens is 394 g/mol. The van der Waals surface area contributed by atoms with Crippen LogP contribution in [-0.4, -0.2) is 47.7 Å². The summed E-state index contributed by atoms with van der Waals surface area (Å²) in [5, 5.41) is 11.7. The number of anilines is 1. The molecule has 2 heterocycles. The minimum Gasteiger partial charge on any atom is -0.366 e. The van der Waals surface area contributed by atoms with Gasteiger partial charge < -0.3 is 9.80 Å². The Morgan fingerprint density at radius 1 is 0.871 bits per heavy atom. The lowest BCUT2D eigenvalue weighted by molar-refractivity contribution is -0.384. The molecule has 7 nitrogen and oxygen atoms in total. The maximum absolute atomic E-state index is 13.0. The SMILES string of the molecule is O=C(c1ccccc1)C1CCN(C(=O)c2ccc(N3CCCCC3)c([N+](=O)[O-])c2)CC1. The van der Waals surface area contributed by atoms with Gasteiger partial charge in [0.25, 0.3) is 11.6 Å². The number of carbonyl (C=O) groups excluding carboxylic acids is 2. The van der Waals surface area contributed by atoms with Crippen LogP contribution in [0.4, 0.5) is 11.4 Å². The van der Waals surface area contributed by atoms with Gasteiger partial charge in [0, 0.05) is 49.3 Å². The lowest BCUT2D eigenvalue weighted by Gasteiger charge is -2.32. The molecular formula is C24H27N3O4. The monoisotopic (exact) mass is 421 g/mol. The number of amides is 1. The van der Waals surface area contributed by atoms with Crippen molar-refractivity contribution in [1.82, 2.24) is 4.90 Å². The van der Waals surface area contributed by atoms with Crippen LogP contribution in [0.5, 0.6) is 0 Å². The third-order valence-electron chi connectivity index (χ3n) is 6.33. The summed E-state index contributed by atoms with van der Waals surface area (Å²) in [7, 11) is 0. The molecule has 7 heteroatoms. The molecule has 2 fully saturated rings. The molecule has 1 amide bonds. The molecule has 0 aromatic heterocycles. The minimum atomic E-state index is -0.397. The summed E-state index contributed by atoms with van der Waals surface area (Å²) in [5.74, 6) is -0.185. The van der Waals surface area contributed by atoms with E-state index in [4.69, 9.17) is 0 Å². The fraction of sp³-hybridized carbons (Fsp3) is 0.417. The van der Waals surface area contributed by atoms with E-state index >= 15 is 0 Å². The second kappa shape index (κ2) is 9.29. The van der Waals surface area contributed by atoms with Crippen LogP contribution < -0.4 is 4.90 Å². The lowest BCUT2D eigenvalue weighted by atomic mass is 9.88. The minimum absolute atomic E-state index is 0.0121. The molecule has 0 atom stereocenters. The van der Waals surface area contributed by atoms with Gasteiger partial charge in [-0.25, -0.2) is 0 Å². The standard InChI is InChI=1S/C24H27N3O4/c28-23(18-7-3-1-4-8-18)19-11-15-26(16-12-19)24(29)20-9-10-21(22(17-20)27(30)31)25-13-5-2-6-14-25/h1,3-4,7-10,17,19H,2,5-6,11-16H2. The largest absolute Gasteiger partial charge is 0.366 e. The average molecular weight is 421 g/mol. The highest BCUT2D eigenvalue weighted by molar-refractivity contribution is 5.98. The van der Waals surface area contributed by atoms with E-state index in [9.17, 15) is 19.7 Å².